The van der Waals surface area contributed by atoms with Gasteiger partial charge in [-0.25, -0.2) is 8.42 Å². The van der Waals surface area contributed by atoms with Gasteiger partial charge < -0.3 is 15.2 Å². The maximum absolute atomic E-state index is 12.0. The first kappa shape index (κ1) is 13.6. The average Bonchev–Trinajstić information content (AvgIpc) is 2.52. The Hall–Kier alpha value is -1.50. The third-order valence-electron chi connectivity index (χ3n) is 2.39. The molecule has 0 aliphatic heterocycles. The number of amides is 1. The zero-order chi connectivity index (χ0) is 13.2. The van der Waals surface area contributed by atoms with Gasteiger partial charge in [-0.2, -0.15) is 0 Å². The Kier molecular flexibility index (Phi) is 3.82. The fraction of sp³-hybridized carbons (Fsp3) is 0.500. The quantitative estimate of drug-likeness (QED) is 0.806. The van der Waals surface area contributed by atoms with Gasteiger partial charge in [-0.1, -0.05) is 0 Å². The lowest BCUT2D eigenvalue weighted by Crippen LogP contribution is -2.32. The summed E-state index contributed by atoms with van der Waals surface area (Å²) in [5, 5.41) is 0. The van der Waals surface area contributed by atoms with Crippen molar-refractivity contribution in [1.82, 2.24) is 9.47 Å². The fourth-order valence-corrected chi connectivity index (χ4v) is 2.01. The molecule has 1 aromatic rings. The molecular formula is C10H17N3O3S. The molecule has 1 rings (SSSR count). The van der Waals surface area contributed by atoms with Crippen LogP contribution in [0.2, 0.25) is 0 Å². The number of nitrogens with two attached hydrogens (primary N) is 1. The molecule has 0 spiro atoms. The van der Waals surface area contributed by atoms with Crippen molar-refractivity contribution in [2.75, 3.05) is 31.3 Å². The minimum Gasteiger partial charge on any atom is -0.397 e. The molecule has 1 aromatic heterocycles. The van der Waals surface area contributed by atoms with Crippen molar-refractivity contribution < 1.29 is 13.2 Å². The van der Waals surface area contributed by atoms with Crippen molar-refractivity contribution in [3.8, 4) is 0 Å². The van der Waals surface area contributed by atoms with Crippen molar-refractivity contribution in [2.24, 2.45) is 7.05 Å². The van der Waals surface area contributed by atoms with Crippen LogP contribution in [0.4, 0.5) is 5.69 Å². The van der Waals surface area contributed by atoms with E-state index in [1.54, 1.807) is 30.9 Å². The van der Waals surface area contributed by atoms with Crippen LogP contribution >= 0.6 is 0 Å². The monoisotopic (exact) mass is 259 g/mol. The Labute approximate surface area is 101 Å². The van der Waals surface area contributed by atoms with E-state index in [-0.39, 0.29) is 18.2 Å². The van der Waals surface area contributed by atoms with Crippen molar-refractivity contribution in [3.63, 3.8) is 0 Å². The van der Waals surface area contributed by atoms with Gasteiger partial charge in [0.2, 0.25) is 0 Å². The molecule has 2 N–H and O–H groups in total. The van der Waals surface area contributed by atoms with Gasteiger partial charge in [0.25, 0.3) is 5.91 Å². The van der Waals surface area contributed by atoms with E-state index < -0.39 is 9.84 Å². The number of sulfone groups is 1. The number of aryl methyl sites for hydroxylation is 1. The van der Waals surface area contributed by atoms with Crippen LogP contribution < -0.4 is 5.73 Å². The molecule has 1 amide bonds. The highest BCUT2D eigenvalue weighted by molar-refractivity contribution is 7.90. The molecule has 0 atom stereocenters. The summed E-state index contributed by atoms with van der Waals surface area (Å²) < 4.78 is 23.6. The summed E-state index contributed by atoms with van der Waals surface area (Å²) in [5.41, 5.74) is 6.52. The molecule has 6 nitrogen and oxygen atoms in total. The van der Waals surface area contributed by atoms with Crippen LogP contribution in [0.15, 0.2) is 12.3 Å². The third kappa shape index (κ3) is 3.77. The predicted molar refractivity (Wildman–Crippen MR) is 66.5 cm³/mol. The van der Waals surface area contributed by atoms with E-state index in [9.17, 15) is 13.2 Å². The van der Waals surface area contributed by atoms with E-state index in [1.807, 2.05) is 0 Å². The zero-order valence-electron chi connectivity index (χ0n) is 10.2. The second-order valence-corrected chi connectivity index (χ2v) is 6.39. The molecular weight excluding hydrogens is 242 g/mol. The molecule has 0 bridgehead atoms. The number of nitrogens with zero attached hydrogens (tertiary/aromatic N) is 2. The SMILES string of the molecule is CN(CCS(C)(=O)=O)C(=O)c1cc(N)cn1C. The Morgan fingerprint density at radius 1 is 1.53 bits per heavy atom. The normalized spacial score (nSPS) is 11.5. The standard InChI is InChI=1S/C10H17N3O3S/c1-12(4-5-17(3,15)16)10(14)9-6-8(11)7-13(9)2/h6-7H,4-5,11H2,1-3H3. The van der Waals surface area contributed by atoms with E-state index >= 15 is 0 Å². The summed E-state index contributed by atoms with van der Waals surface area (Å²) in [6.45, 7) is 0.169. The first-order valence-corrected chi connectivity index (χ1v) is 7.12. The summed E-state index contributed by atoms with van der Waals surface area (Å²) in [7, 11) is 0.217. The average molecular weight is 259 g/mol. The molecule has 1 heterocycles. The zero-order valence-corrected chi connectivity index (χ0v) is 11.0. The van der Waals surface area contributed by atoms with E-state index in [2.05, 4.69) is 0 Å². The molecule has 0 fully saturated rings. The van der Waals surface area contributed by atoms with Gasteiger partial charge in [0, 0.05) is 33.1 Å². The number of aromatic nitrogens is 1. The number of hydrogen-bond acceptors (Lipinski definition) is 4. The van der Waals surface area contributed by atoms with Crippen LogP contribution in [0, 0.1) is 0 Å². The van der Waals surface area contributed by atoms with Gasteiger partial charge in [-0.05, 0) is 6.07 Å². The van der Waals surface area contributed by atoms with Crippen molar-refractivity contribution in [2.45, 2.75) is 0 Å². The second-order valence-electron chi connectivity index (χ2n) is 4.13. The summed E-state index contributed by atoms with van der Waals surface area (Å²) in [4.78, 5) is 13.3. The van der Waals surface area contributed by atoms with E-state index in [4.69, 9.17) is 5.73 Å². The lowest BCUT2D eigenvalue weighted by atomic mass is 10.3. The van der Waals surface area contributed by atoms with E-state index in [0.29, 0.717) is 11.4 Å². The highest BCUT2D eigenvalue weighted by atomic mass is 32.2. The minimum atomic E-state index is -3.07. The molecule has 0 aliphatic rings. The Morgan fingerprint density at radius 2 is 2.12 bits per heavy atom. The maximum Gasteiger partial charge on any atom is 0.270 e. The lowest BCUT2D eigenvalue weighted by Gasteiger charge is -2.16. The minimum absolute atomic E-state index is 0.0465. The topological polar surface area (TPSA) is 85.4 Å². The molecule has 96 valence electrons. The number of nitrogen functional groups attached to an aromatic ring is 1. The fourth-order valence-electron chi connectivity index (χ4n) is 1.40. The summed E-state index contributed by atoms with van der Waals surface area (Å²) >= 11 is 0. The smallest absolute Gasteiger partial charge is 0.270 e. The number of carbonyl (C=O) groups excluding carboxylic acids is 1. The third-order valence-corrected chi connectivity index (χ3v) is 3.31. The van der Waals surface area contributed by atoms with E-state index in [0.717, 1.165) is 6.26 Å². The van der Waals surface area contributed by atoms with E-state index in [1.165, 1.54) is 4.90 Å². The lowest BCUT2D eigenvalue weighted by molar-refractivity contribution is 0.0794. The van der Waals surface area contributed by atoms with Crippen molar-refractivity contribution in [1.29, 1.82) is 0 Å². The van der Waals surface area contributed by atoms with Crippen LogP contribution in [-0.4, -0.2) is 49.4 Å². The summed E-state index contributed by atoms with van der Waals surface area (Å²) in [6.07, 6.45) is 2.78. The number of carbonyl (C=O) groups is 1. The first-order chi connectivity index (χ1) is 7.70. The molecule has 0 aliphatic carbocycles. The van der Waals surface area contributed by atoms with Gasteiger partial charge >= 0.3 is 0 Å². The molecule has 0 saturated carbocycles. The predicted octanol–water partition coefficient (Wildman–Crippen LogP) is -0.276. The molecule has 0 saturated heterocycles. The van der Waals surface area contributed by atoms with Crippen LogP contribution in [0.5, 0.6) is 0 Å². The van der Waals surface area contributed by atoms with Gasteiger partial charge in [-0.15, -0.1) is 0 Å². The Bertz CT molecular complexity index is 519. The summed E-state index contributed by atoms with van der Waals surface area (Å²) in [6, 6.07) is 1.57. The van der Waals surface area contributed by atoms with Crippen LogP contribution in [0.3, 0.4) is 0 Å². The van der Waals surface area contributed by atoms with Gasteiger partial charge in [0.15, 0.2) is 0 Å². The van der Waals surface area contributed by atoms with Gasteiger partial charge in [0.05, 0.1) is 11.4 Å². The molecule has 0 radical (unpaired) electrons. The Morgan fingerprint density at radius 3 is 2.53 bits per heavy atom. The molecule has 17 heavy (non-hydrogen) atoms. The van der Waals surface area contributed by atoms with Crippen molar-refractivity contribution in [3.05, 3.63) is 18.0 Å². The highest BCUT2D eigenvalue weighted by Crippen LogP contribution is 2.10. The summed E-state index contributed by atoms with van der Waals surface area (Å²) in [5.74, 6) is -0.289. The number of hydrogen-bond donors (Lipinski definition) is 1. The van der Waals surface area contributed by atoms with Gasteiger partial charge in [0.1, 0.15) is 15.5 Å². The van der Waals surface area contributed by atoms with Gasteiger partial charge in [-0.3, -0.25) is 4.79 Å². The molecule has 7 heteroatoms. The van der Waals surface area contributed by atoms with Crippen molar-refractivity contribution >= 4 is 21.4 Å². The first-order valence-electron chi connectivity index (χ1n) is 5.06. The Balaban J connectivity index is 2.74. The van der Waals surface area contributed by atoms with Crippen LogP contribution in [-0.2, 0) is 16.9 Å². The number of anilines is 1. The molecule has 0 unspecified atom stereocenters. The maximum atomic E-state index is 12.0. The highest BCUT2D eigenvalue weighted by Gasteiger charge is 2.16. The number of rotatable bonds is 4. The van der Waals surface area contributed by atoms with Crippen LogP contribution in [0.1, 0.15) is 10.5 Å². The second kappa shape index (κ2) is 4.79. The van der Waals surface area contributed by atoms with Crippen LogP contribution in [0.25, 0.3) is 0 Å². The largest absolute Gasteiger partial charge is 0.397 e. The molecule has 0 aromatic carbocycles.